The molecule has 2 aromatic heterocycles. The highest BCUT2D eigenvalue weighted by atomic mass is 31.2. The summed E-state index contributed by atoms with van der Waals surface area (Å²) in [6.45, 7) is 6.30. The number of aliphatic hydroxyl groups excluding tert-OH is 2. The van der Waals surface area contributed by atoms with Crippen molar-refractivity contribution >= 4 is 18.8 Å². The smallest absolute Gasteiger partial charge is 0.359 e. The molecular weight excluding hydrogens is 441 g/mol. The molecule has 1 aliphatic heterocycles. The number of aryl methyl sites for hydroxylation is 1. The first-order valence-electron chi connectivity index (χ1n) is 10.5. The van der Waals surface area contributed by atoms with Crippen LogP contribution in [0.25, 0.3) is 11.2 Å². The van der Waals surface area contributed by atoms with Gasteiger partial charge in [0, 0.05) is 13.5 Å². The number of fused-ring (bicyclic) bond motifs is 1. The zero-order valence-electron chi connectivity index (χ0n) is 18.8. The molecule has 1 saturated heterocycles. The van der Waals surface area contributed by atoms with Crippen molar-refractivity contribution in [2.75, 3.05) is 0 Å². The summed E-state index contributed by atoms with van der Waals surface area (Å²) in [5, 5.41) is 37.9. The van der Waals surface area contributed by atoms with Crippen molar-refractivity contribution < 1.29 is 34.0 Å². The number of ether oxygens (including phenoxy) is 1. The van der Waals surface area contributed by atoms with Gasteiger partial charge in [0.05, 0.1) is 24.4 Å². The molecule has 3 heterocycles. The first-order chi connectivity index (χ1) is 14.8. The lowest BCUT2D eigenvalue weighted by Crippen LogP contribution is -2.39. The molecule has 0 saturated carbocycles. The minimum Gasteiger partial charge on any atom is -0.388 e. The van der Waals surface area contributed by atoms with Gasteiger partial charge in [-0.3, -0.25) is 14.5 Å². The van der Waals surface area contributed by atoms with E-state index in [1.54, 1.807) is 34.7 Å². The maximum atomic E-state index is 12.8. The van der Waals surface area contributed by atoms with Crippen molar-refractivity contribution in [3.63, 3.8) is 0 Å². The summed E-state index contributed by atoms with van der Waals surface area (Å²) < 4.78 is 27.1. The summed E-state index contributed by atoms with van der Waals surface area (Å²) in [5.41, 5.74) is -0.505. The van der Waals surface area contributed by atoms with Crippen molar-refractivity contribution in [1.82, 2.24) is 19.1 Å². The molecule has 1 unspecified atom stereocenters. The molecule has 1 fully saturated rings. The second-order valence-electron chi connectivity index (χ2n) is 8.84. The number of imidazole rings is 1. The Hall–Kier alpha value is -1.66. The van der Waals surface area contributed by atoms with Gasteiger partial charge in [-0.25, -0.2) is 9.97 Å². The molecule has 5 atom stereocenters. The van der Waals surface area contributed by atoms with Crippen LogP contribution in [0, 0.1) is 5.41 Å². The number of aliphatic hydroxyl groups is 3. The fourth-order valence-electron chi connectivity index (χ4n) is 3.92. The SMILES string of the molecule is CCC(O)(CC)P(=O)(O)OC(C)(C)C[C@H]1O[C@@H](n2cnc3c(=N)n(C)cnc32)[C@H](O)[C@@H]1O. The molecular formula is C19H32N5O7P. The Bertz CT molecular complexity index is 1080. The number of hydrogen-bond donors (Lipinski definition) is 5. The zero-order chi connectivity index (χ0) is 24.1. The summed E-state index contributed by atoms with van der Waals surface area (Å²) in [6, 6.07) is 0. The maximum absolute atomic E-state index is 12.8. The van der Waals surface area contributed by atoms with E-state index in [9.17, 15) is 24.8 Å². The van der Waals surface area contributed by atoms with Crippen molar-refractivity contribution in [3.05, 3.63) is 18.1 Å². The molecule has 0 aliphatic carbocycles. The summed E-state index contributed by atoms with van der Waals surface area (Å²) >= 11 is 0. The lowest BCUT2D eigenvalue weighted by Gasteiger charge is -2.37. The Morgan fingerprint density at radius 3 is 2.44 bits per heavy atom. The van der Waals surface area contributed by atoms with Crippen molar-refractivity contribution in [2.45, 2.75) is 82.4 Å². The van der Waals surface area contributed by atoms with Gasteiger partial charge < -0.3 is 34.0 Å². The molecule has 13 heteroatoms. The fourth-order valence-corrected chi connectivity index (χ4v) is 5.63. The zero-order valence-corrected chi connectivity index (χ0v) is 19.7. The molecule has 2 aromatic rings. The lowest BCUT2D eigenvalue weighted by atomic mass is 9.97. The molecule has 0 bridgehead atoms. The minimum absolute atomic E-state index is 0.0332. The predicted molar refractivity (Wildman–Crippen MR) is 113 cm³/mol. The van der Waals surface area contributed by atoms with Crippen LogP contribution in [0.15, 0.2) is 12.7 Å². The van der Waals surface area contributed by atoms with E-state index in [1.807, 2.05) is 0 Å². The van der Waals surface area contributed by atoms with Gasteiger partial charge in [0.25, 0.3) is 0 Å². The molecule has 5 N–H and O–H groups in total. The van der Waals surface area contributed by atoms with Crippen LogP contribution in [0.2, 0.25) is 0 Å². The molecule has 180 valence electrons. The van der Waals surface area contributed by atoms with Crippen LogP contribution >= 0.6 is 7.60 Å². The van der Waals surface area contributed by atoms with Crippen LogP contribution < -0.4 is 5.49 Å². The number of rotatable bonds is 8. The average Bonchev–Trinajstić information content (AvgIpc) is 3.25. The van der Waals surface area contributed by atoms with Gasteiger partial charge in [0.2, 0.25) is 0 Å². The Balaban J connectivity index is 1.82. The normalized spacial score (nSPS) is 26.5. The van der Waals surface area contributed by atoms with Gasteiger partial charge in [-0.15, -0.1) is 0 Å². The quantitative estimate of drug-likeness (QED) is 0.346. The Labute approximate surface area is 185 Å². The van der Waals surface area contributed by atoms with Crippen LogP contribution in [0.5, 0.6) is 0 Å². The second-order valence-corrected chi connectivity index (χ2v) is 10.9. The Morgan fingerprint density at radius 1 is 1.22 bits per heavy atom. The van der Waals surface area contributed by atoms with Gasteiger partial charge in [0.15, 0.2) is 22.7 Å². The third-order valence-corrected chi connectivity index (χ3v) is 8.46. The minimum atomic E-state index is -4.43. The lowest BCUT2D eigenvalue weighted by molar-refractivity contribution is -0.0642. The van der Waals surface area contributed by atoms with E-state index in [1.165, 1.54) is 21.8 Å². The second kappa shape index (κ2) is 8.60. The molecule has 0 amide bonds. The number of nitrogens with one attached hydrogen (secondary N) is 1. The van der Waals surface area contributed by atoms with Crippen LogP contribution in [0.4, 0.5) is 0 Å². The summed E-state index contributed by atoms with van der Waals surface area (Å²) in [6.07, 6.45) is -1.75. The first-order valence-corrected chi connectivity index (χ1v) is 12.0. The predicted octanol–water partition coefficient (Wildman–Crippen LogP) is 0.748. The topological polar surface area (TPSA) is 176 Å². The average molecular weight is 473 g/mol. The molecule has 32 heavy (non-hydrogen) atoms. The highest BCUT2D eigenvalue weighted by Gasteiger charge is 2.51. The molecule has 12 nitrogen and oxygen atoms in total. The van der Waals surface area contributed by atoms with E-state index in [0.29, 0.717) is 11.2 Å². The third kappa shape index (κ3) is 4.28. The Morgan fingerprint density at radius 2 is 1.84 bits per heavy atom. The monoisotopic (exact) mass is 473 g/mol. The van der Waals surface area contributed by atoms with Crippen LogP contribution in [-0.4, -0.2) is 68.6 Å². The largest absolute Gasteiger partial charge is 0.388 e. The van der Waals surface area contributed by atoms with Crippen molar-refractivity contribution in [3.8, 4) is 0 Å². The van der Waals surface area contributed by atoms with Gasteiger partial charge in [-0.1, -0.05) is 13.8 Å². The summed E-state index contributed by atoms with van der Waals surface area (Å²) in [4.78, 5) is 18.8. The highest BCUT2D eigenvalue weighted by Crippen LogP contribution is 2.60. The van der Waals surface area contributed by atoms with E-state index < -0.39 is 43.1 Å². The number of aromatic nitrogens is 4. The number of nitrogens with zero attached hydrogens (tertiary/aromatic N) is 4. The molecule has 0 radical (unpaired) electrons. The van der Waals surface area contributed by atoms with Crippen LogP contribution in [0.3, 0.4) is 0 Å². The van der Waals surface area contributed by atoms with E-state index in [4.69, 9.17) is 14.7 Å². The molecule has 3 rings (SSSR count). The third-order valence-electron chi connectivity index (χ3n) is 6.03. The maximum Gasteiger partial charge on any atom is 0.359 e. The van der Waals surface area contributed by atoms with Crippen LogP contribution in [0.1, 0.15) is 53.2 Å². The van der Waals surface area contributed by atoms with E-state index >= 15 is 0 Å². The Kier molecular flexibility index (Phi) is 6.71. The van der Waals surface area contributed by atoms with Gasteiger partial charge in [-0.2, -0.15) is 0 Å². The number of hydrogen-bond acceptors (Lipinski definition) is 9. The molecule has 1 aliphatic rings. The summed E-state index contributed by atoms with van der Waals surface area (Å²) in [7, 11) is -2.77. The van der Waals surface area contributed by atoms with E-state index in [-0.39, 0.29) is 24.8 Å². The van der Waals surface area contributed by atoms with Gasteiger partial charge >= 0.3 is 7.60 Å². The summed E-state index contributed by atoms with van der Waals surface area (Å²) in [5.74, 6) is 0. The molecule has 0 aromatic carbocycles. The van der Waals surface area contributed by atoms with Gasteiger partial charge in [0.1, 0.15) is 17.7 Å². The van der Waals surface area contributed by atoms with Crippen molar-refractivity contribution in [2.24, 2.45) is 7.05 Å². The first kappa shape index (κ1) is 25.0. The van der Waals surface area contributed by atoms with Crippen molar-refractivity contribution in [1.29, 1.82) is 5.41 Å². The van der Waals surface area contributed by atoms with E-state index in [0.717, 1.165) is 0 Å². The highest BCUT2D eigenvalue weighted by molar-refractivity contribution is 7.54. The van der Waals surface area contributed by atoms with Crippen LogP contribution in [-0.2, 0) is 20.9 Å². The standard InChI is InChI=1S/C19H32N5O7P/c1-6-19(27,7-2)32(28,29)31-18(3,4)8-11-13(25)14(26)17(30-11)24-10-21-12-15(20)23(5)9-22-16(12)24/h9-11,13-14,17,20,25-27H,6-8H2,1-5H3,(H,28,29)/t11-,13-,14-,17-/m1/s1. The fraction of sp³-hybridized carbons (Fsp3) is 0.737. The van der Waals surface area contributed by atoms with Gasteiger partial charge in [-0.05, 0) is 26.7 Å². The van der Waals surface area contributed by atoms with E-state index in [2.05, 4.69) is 9.97 Å². The molecule has 0 spiro atoms.